The molecule has 0 saturated heterocycles. The molecular formula is C16H22IN3. The Morgan fingerprint density at radius 2 is 1.95 bits per heavy atom. The maximum atomic E-state index is 3.75. The number of rotatable bonds is 3. The van der Waals surface area contributed by atoms with Crippen molar-refractivity contribution in [3.8, 4) is 0 Å². The van der Waals surface area contributed by atoms with E-state index in [1.165, 1.54) is 46.0 Å². The Hall–Kier alpha value is -0.750. The number of hydrogen-bond donors (Lipinski definition) is 2. The van der Waals surface area contributed by atoms with Crippen molar-refractivity contribution >= 4 is 39.2 Å². The minimum atomic E-state index is 0.615. The standard InChI is InChI=1S/C16H22IN3/c1-20(2)12-8-6-11(7-9-12)18-14-4-3-5-15-13(14)10-16(17)19-15/h3-5,10-12,18-19H,6-9H2,1-2H3. The van der Waals surface area contributed by atoms with Crippen molar-refractivity contribution in [1.29, 1.82) is 0 Å². The van der Waals surface area contributed by atoms with Gasteiger partial charge in [0.05, 0.1) is 3.70 Å². The highest BCUT2D eigenvalue weighted by Crippen LogP contribution is 2.29. The molecule has 4 heteroatoms. The zero-order valence-electron chi connectivity index (χ0n) is 12.1. The minimum absolute atomic E-state index is 0.615. The lowest BCUT2D eigenvalue weighted by atomic mass is 9.90. The zero-order valence-corrected chi connectivity index (χ0v) is 14.3. The molecule has 3 rings (SSSR count). The van der Waals surface area contributed by atoms with Crippen LogP contribution in [-0.2, 0) is 0 Å². The smallest absolute Gasteiger partial charge is 0.0783 e. The fourth-order valence-electron chi connectivity index (χ4n) is 3.20. The molecule has 0 unspecified atom stereocenters. The summed E-state index contributed by atoms with van der Waals surface area (Å²) in [4.78, 5) is 5.76. The van der Waals surface area contributed by atoms with Crippen LogP contribution >= 0.6 is 22.6 Å². The van der Waals surface area contributed by atoms with Gasteiger partial charge in [-0.2, -0.15) is 0 Å². The minimum Gasteiger partial charge on any atom is -0.382 e. The number of benzene rings is 1. The maximum absolute atomic E-state index is 3.75. The highest BCUT2D eigenvalue weighted by atomic mass is 127. The number of aromatic amines is 1. The van der Waals surface area contributed by atoms with Gasteiger partial charge >= 0.3 is 0 Å². The molecule has 2 N–H and O–H groups in total. The summed E-state index contributed by atoms with van der Waals surface area (Å²) in [6, 6.07) is 10.1. The van der Waals surface area contributed by atoms with E-state index < -0.39 is 0 Å². The second-order valence-corrected chi connectivity index (χ2v) is 7.16. The van der Waals surface area contributed by atoms with Gasteiger partial charge in [-0.25, -0.2) is 0 Å². The van der Waals surface area contributed by atoms with Crippen LogP contribution in [0.2, 0.25) is 0 Å². The van der Waals surface area contributed by atoms with E-state index in [-0.39, 0.29) is 0 Å². The van der Waals surface area contributed by atoms with E-state index in [4.69, 9.17) is 0 Å². The van der Waals surface area contributed by atoms with Crippen LogP contribution in [0.1, 0.15) is 25.7 Å². The molecule has 0 bridgehead atoms. The molecule has 0 atom stereocenters. The molecule has 1 aromatic carbocycles. The number of fused-ring (bicyclic) bond motifs is 1. The summed E-state index contributed by atoms with van der Waals surface area (Å²) >= 11 is 2.34. The van der Waals surface area contributed by atoms with E-state index in [0.717, 1.165) is 6.04 Å². The first-order valence-corrected chi connectivity index (χ1v) is 8.41. The summed E-state index contributed by atoms with van der Waals surface area (Å²) < 4.78 is 1.20. The second kappa shape index (κ2) is 5.93. The van der Waals surface area contributed by atoms with E-state index in [1.807, 2.05) is 0 Å². The zero-order chi connectivity index (χ0) is 14.1. The summed E-state index contributed by atoms with van der Waals surface area (Å²) in [5, 5.41) is 5.07. The summed E-state index contributed by atoms with van der Waals surface area (Å²) in [5.74, 6) is 0. The molecule has 0 aliphatic heterocycles. The second-order valence-electron chi connectivity index (χ2n) is 6.00. The molecule has 1 saturated carbocycles. The molecule has 1 aliphatic rings. The highest BCUT2D eigenvalue weighted by molar-refractivity contribution is 14.1. The number of aromatic nitrogens is 1. The summed E-state index contributed by atoms with van der Waals surface area (Å²) in [5.41, 5.74) is 2.50. The molecular weight excluding hydrogens is 361 g/mol. The molecule has 0 amide bonds. The molecule has 1 aromatic heterocycles. The summed E-state index contributed by atoms with van der Waals surface area (Å²) in [6.45, 7) is 0. The Morgan fingerprint density at radius 1 is 1.20 bits per heavy atom. The van der Waals surface area contributed by atoms with E-state index in [2.05, 4.69) is 76.2 Å². The number of halogens is 1. The predicted octanol–water partition coefficient (Wildman–Crippen LogP) is 4.06. The summed E-state index contributed by atoms with van der Waals surface area (Å²) in [7, 11) is 4.39. The quantitative estimate of drug-likeness (QED) is 0.784. The van der Waals surface area contributed by atoms with Crippen LogP contribution in [-0.4, -0.2) is 36.1 Å². The van der Waals surface area contributed by atoms with Crippen molar-refractivity contribution in [3.05, 3.63) is 28.0 Å². The van der Waals surface area contributed by atoms with Gasteiger partial charge < -0.3 is 15.2 Å². The maximum Gasteiger partial charge on any atom is 0.0783 e. The van der Waals surface area contributed by atoms with Crippen LogP contribution in [0.5, 0.6) is 0 Å². The third-order valence-electron chi connectivity index (χ3n) is 4.42. The lowest BCUT2D eigenvalue weighted by Crippen LogP contribution is -2.36. The largest absolute Gasteiger partial charge is 0.382 e. The van der Waals surface area contributed by atoms with Crippen molar-refractivity contribution in [2.75, 3.05) is 19.4 Å². The number of hydrogen-bond acceptors (Lipinski definition) is 2. The third kappa shape index (κ3) is 2.96. The predicted molar refractivity (Wildman–Crippen MR) is 94.4 cm³/mol. The first-order valence-electron chi connectivity index (χ1n) is 7.33. The monoisotopic (exact) mass is 383 g/mol. The average Bonchev–Trinajstić information content (AvgIpc) is 2.81. The fourth-order valence-corrected chi connectivity index (χ4v) is 3.81. The topological polar surface area (TPSA) is 31.1 Å². The van der Waals surface area contributed by atoms with E-state index in [1.54, 1.807) is 0 Å². The van der Waals surface area contributed by atoms with Crippen molar-refractivity contribution in [2.24, 2.45) is 0 Å². The van der Waals surface area contributed by atoms with Gasteiger partial charge in [0.2, 0.25) is 0 Å². The molecule has 20 heavy (non-hydrogen) atoms. The number of nitrogens with zero attached hydrogens (tertiary/aromatic N) is 1. The van der Waals surface area contributed by atoms with Gasteiger partial charge in [-0.1, -0.05) is 6.07 Å². The van der Waals surface area contributed by atoms with Gasteiger partial charge in [0, 0.05) is 28.7 Å². The van der Waals surface area contributed by atoms with E-state index in [9.17, 15) is 0 Å². The van der Waals surface area contributed by atoms with E-state index in [0.29, 0.717) is 6.04 Å². The number of anilines is 1. The lowest BCUT2D eigenvalue weighted by Gasteiger charge is -2.33. The van der Waals surface area contributed by atoms with Crippen LogP contribution in [0.25, 0.3) is 10.9 Å². The Balaban J connectivity index is 1.71. The molecule has 1 heterocycles. The first kappa shape index (κ1) is 14.2. The van der Waals surface area contributed by atoms with Crippen molar-refractivity contribution in [3.63, 3.8) is 0 Å². The van der Waals surface area contributed by atoms with Crippen LogP contribution in [0, 0.1) is 3.70 Å². The van der Waals surface area contributed by atoms with E-state index >= 15 is 0 Å². The highest BCUT2D eigenvalue weighted by Gasteiger charge is 2.22. The molecule has 0 spiro atoms. The lowest BCUT2D eigenvalue weighted by molar-refractivity contribution is 0.221. The van der Waals surface area contributed by atoms with Gasteiger partial charge in [-0.15, -0.1) is 0 Å². The molecule has 2 aromatic rings. The Labute approximate surface area is 134 Å². The van der Waals surface area contributed by atoms with Gasteiger partial charge in [0.15, 0.2) is 0 Å². The number of H-pyrrole nitrogens is 1. The van der Waals surface area contributed by atoms with Gasteiger partial charge in [-0.05, 0) is 80.6 Å². The van der Waals surface area contributed by atoms with Crippen LogP contribution in [0.3, 0.4) is 0 Å². The SMILES string of the molecule is CN(C)C1CCC(Nc2cccc3[nH]c(I)cc23)CC1. The average molecular weight is 383 g/mol. The Bertz CT molecular complexity index is 582. The van der Waals surface area contributed by atoms with Crippen LogP contribution in [0.15, 0.2) is 24.3 Å². The van der Waals surface area contributed by atoms with Gasteiger partial charge in [-0.3, -0.25) is 0 Å². The molecule has 0 radical (unpaired) electrons. The van der Waals surface area contributed by atoms with Gasteiger partial charge in [0.1, 0.15) is 0 Å². The molecule has 1 fully saturated rings. The first-order chi connectivity index (χ1) is 9.63. The summed E-state index contributed by atoms with van der Waals surface area (Å²) in [6.07, 6.45) is 5.12. The molecule has 3 nitrogen and oxygen atoms in total. The number of nitrogens with one attached hydrogen (secondary N) is 2. The third-order valence-corrected chi connectivity index (χ3v) is 5.00. The normalized spacial score (nSPS) is 23.4. The van der Waals surface area contributed by atoms with Gasteiger partial charge in [0.25, 0.3) is 0 Å². The Kier molecular flexibility index (Phi) is 4.21. The van der Waals surface area contributed by atoms with Crippen molar-refractivity contribution < 1.29 is 0 Å². The Morgan fingerprint density at radius 3 is 2.65 bits per heavy atom. The fraction of sp³-hybridized carbons (Fsp3) is 0.500. The molecule has 108 valence electrons. The van der Waals surface area contributed by atoms with Crippen molar-refractivity contribution in [1.82, 2.24) is 9.88 Å². The molecule has 1 aliphatic carbocycles. The van der Waals surface area contributed by atoms with Crippen LogP contribution < -0.4 is 5.32 Å². The van der Waals surface area contributed by atoms with Crippen LogP contribution in [0.4, 0.5) is 5.69 Å². The van der Waals surface area contributed by atoms with Crippen molar-refractivity contribution in [2.45, 2.75) is 37.8 Å².